The molecule has 2 rings (SSSR count). The normalized spacial score (nSPS) is 20.1. The quantitative estimate of drug-likeness (QED) is 0.900. The maximum atomic E-state index is 12.2. The lowest BCUT2D eigenvalue weighted by Crippen LogP contribution is -2.48. The smallest absolute Gasteiger partial charge is 0.171 e. The molecule has 0 radical (unpaired) electrons. The van der Waals surface area contributed by atoms with E-state index in [1.54, 1.807) is 24.8 Å². The van der Waals surface area contributed by atoms with E-state index >= 15 is 0 Å². The Balaban J connectivity index is 2.35. The zero-order valence-corrected chi connectivity index (χ0v) is 13.4. The van der Waals surface area contributed by atoms with Gasteiger partial charge in [0.25, 0.3) is 0 Å². The number of thioether (sulfide) groups is 1. The molecule has 0 amide bonds. The first-order chi connectivity index (χ1) is 9.49. The molecule has 1 unspecified atom stereocenters. The van der Waals surface area contributed by atoms with Crippen molar-refractivity contribution >= 4 is 27.4 Å². The summed E-state index contributed by atoms with van der Waals surface area (Å²) in [5, 5.41) is 8.68. The molecule has 1 aromatic rings. The number of aliphatic hydroxyl groups excluding tert-OH is 1. The summed E-state index contributed by atoms with van der Waals surface area (Å²) >= 11 is 1.67. The fraction of sp³-hybridized carbons (Fsp3) is 0.615. The standard InChI is InChI=1S/C13H20N2O3S2/c1-3-20(17,18)13-9-19-7-6-15(13)12-5-4-11(8-16)10(2)14-12/h4-5,13,16H,3,6-9H2,1-2H3. The Hall–Kier alpha value is -0.790. The van der Waals surface area contributed by atoms with E-state index in [4.69, 9.17) is 0 Å². The van der Waals surface area contributed by atoms with Crippen molar-refractivity contribution in [2.45, 2.75) is 25.8 Å². The molecule has 1 aliphatic rings. The van der Waals surface area contributed by atoms with Gasteiger partial charge in [-0.3, -0.25) is 0 Å². The Morgan fingerprint density at radius 2 is 2.25 bits per heavy atom. The van der Waals surface area contributed by atoms with Gasteiger partial charge in [0.2, 0.25) is 0 Å². The Labute approximate surface area is 124 Å². The summed E-state index contributed by atoms with van der Waals surface area (Å²) in [5.41, 5.74) is 1.52. The molecule has 0 aliphatic carbocycles. The van der Waals surface area contributed by atoms with Gasteiger partial charge in [0.15, 0.2) is 9.84 Å². The van der Waals surface area contributed by atoms with E-state index in [9.17, 15) is 13.5 Å². The van der Waals surface area contributed by atoms with Gasteiger partial charge in [-0.2, -0.15) is 11.8 Å². The van der Waals surface area contributed by atoms with Crippen LogP contribution in [0.3, 0.4) is 0 Å². The van der Waals surface area contributed by atoms with Crippen molar-refractivity contribution in [1.82, 2.24) is 4.98 Å². The number of hydrogen-bond acceptors (Lipinski definition) is 6. The van der Waals surface area contributed by atoms with Crippen LogP contribution >= 0.6 is 11.8 Å². The minimum Gasteiger partial charge on any atom is -0.392 e. The number of aryl methyl sites for hydroxylation is 1. The molecule has 1 fully saturated rings. The molecule has 1 saturated heterocycles. The summed E-state index contributed by atoms with van der Waals surface area (Å²) in [5.74, 6) is 2.31. The van der Waals surface area contributed by atoms with E-state index in [-0.39, 0.29) is 12.4 Å². The Morgan fingerprint density at radius 3 is 2.85 bits per heavy atom. The van der Waals surface area contributed by atoms with Crippen molar-refractivity contribution in [1.29, 1.82) is 0 Å². The van der Waals surface area contributed by atoms with Crippen LogP contribution in [0.2, 0.25) is 0 Å². The number of nitrogens with zero attached hydrogens (tertiary/aromatic N) is 2. The fourth-order valence-electron chi connectivity index (χ4n) is 2.24. The summed E-state index contributed by atoms with van der Waals surface area (Å²) in [6, 6.07) is 3.61. The van der Waals surface area contributed by atoms with Crippen LogP contribution in [0.1, 0.15) is 18.2 Å². The van der Waals surface area contributed by atoms with Gasteiger partial charge in [-0.1, -0.05) is 13.0 Å². The van der Waals surface area contributed by atoms with Crippen LogP contribution in [0.25, 0.3) is 0 Å². The number of aliphatic hydroxyl groups is 1. The van der Waals surface area contributed by atoms with E-state index in [0.717, 1.165) is 17.0 Å². The zero-order valence-electron chi connectivity index (χ0n) is 11.7. The minimum absolute atomic E-state index is 0.0499. The van der Waals surface area contributed by atoms with Gasteiger partial charge in [-0.05, 0) is 18.6 Å². The number of hydrogen-bond donors (Lipinski definition) is 1. The van der Waals surface area contributed by atoms with Crippen LogP contribution < -0.4 is 4.90 Å². The molecule has 1 atom stereocenters. The summed E-state index contributed by atoms with van der Waals surface area (Å²) < 4.78 is 24.4. The second-order valence-electron chi connectivity index (χ2n) is 4.75. The summed E-state index contributed by atoms with van der Waals surface area (Å²) in [6.45, 7) is 4.14. The highest BCUT2D eigenvalue weighted by atomic mass is 32.2. The van der Waals surface area contributed by atoms with Crippen molar-refractivity contribution in [3.05, 3.63) is 23.4 Å². The number of sulfone groups is 1. The third-order valence-corrected chi connectivity index (χ3v) is 6.84. The molecule has 0 saturated carbocycles. The highest BCUT2D eigenvalue weighted by Gasteiger charge is 2.33. The molecular weight excluding hydrogens is 296 g/mol. The van der Waals surface area contributed by atoms with Gasteiger partial charge in [0.05, 0.1) is 6.61 Å². The molecule has 5 nitrogen and oxygen atoms in total. The van der Waals surface area contributed by atoms with Crippen molar-refractivity contribution in [3.63, 3.8) is 0 Å². The van der Waals surface area contributed by atoms with Gasteiger partial charge >= 0.3 is 0 Å². The molecule has 7 heteroatoms. The van der Waals surface area contributed by atoms with Crippen molar-refractivity contribution in [2.75, 3.05) is 28.7 Å². The fourth-order valence-corrected chi connectivity index (χ4v) is 5.21. The van der Waals surface area contributed by atoms with Gasteiger partial charge < -0.3 is 10.0 Å². The lowest BCUT2D eigenvalue weighted by Gasteiger charge is -2.35. The highest BCUT2D eigenvalue weighted by molar-refractivity contribution is 8.01. The van der Waals surface area contributed by atoms with Crippen LogP contribution in [0.5, 0.6) is 0 Å². The van der Waals surface area contributed by atoms with E-state index < -0.39 is 15.2 Å². The number of aromatic nitrogens is 1. The predicted octanol–water partition coefficient (Wildman–Crippen LogP) is 1.20. The van der Waals surface area contributed by atoms with E-state index in [1.165, 1.54) is 0 Å². The molecule has 0 bridgehead atoms. The minimum atomic E-state index is -3.13. The van der Waals surface area contributed by atoms with Crippen molar-refractivity contribution in [2.24, 2.45) is 0 Å². The van der Waals surface area contributed by atoms with Gasteiger partial charge in [0.1, 0.15) is 11.2 Å². The highest BCUT2D eigenvalue weighted by Crippen LogP contribution is 2.26. The molecule has 2 heterocycles. The molecule has 0 aromatic carbocycles. The van der Waals surface area contributed by atoms with Gasteiger partial charge in [-0.15, -0.1) is 0 Å². The van der Waals surface area contributed by atoms with Crippen LogP contribution in [-0.4, -0.2) is 47.7 Å². The second kappa shape index (κ2) is 6.32. The Bertz CT molecular complexity index is 575. The summed E-state index contributed by atoms with van der Waals surface area (Å²) in [4.78, 5) is 6.34. The topological polar surface area (TPSA) is 70.5 Å². The average Bonchev–Trinajstić information content (AvgIpc) is 2.47. The largest absolute Gasteiger partial charge is 0.392 e. The molecular formula is C13H20N2O3S2. The monoisotopic (exact) mass is 316 g/mol. The summed E-state index contributed by atoms with van der Waals surface area (Å²) in [7, 11) is -3.13. The first-order valence-corrected chi connectivity index (χ1v) is 9.50. The number of pyridine rings is 1. The molecule has 20 heavy (non-hydrogen) atoms. The van der Waals surface area contributed by atoms with Gasteiger partial charge in [0, 0.05) is 29.5 Å². The van der Waals surface area contributed by atoms with E-state index in [0.29, 0.717) is 18.1 Å². The van der Waals surface area contributed by atoms with Crippen LogP contribution in [0.4, 0.5) is 5.82 Å². The van der Waals surface area contributed by atoms with E-state index in [2.05, 4.69) is 4.98 Å². The molecule has 1 N–H and O–H groups in total. The third kappa shape index (κ3) is 3.10. The average molecular weight is 316 g/mol. The van der Waals surface area contributed by atoms with Crippen LogP contribution in [0, 0.1) is 6.92 Å². The van der Waals surface area contributed by atoms with Crippen molar-refractivity contribution in [3.8, 4) is 0 Å². The number of rotatable bonds is 4. The molecule has 1 aromatic heterocycles. The SMILES string of the molecule is CCS(=O)(=O)C1CSCCN1c1ccc(CO)c(C)n1. The number of anilines is 1. The van der Waals surface area contributed by atoms with Crippen LogP contribution in [0.15, 0.2) is 12.1 Å². The van der Waals surface area contributed by atoms with Gasteiger partial charge in [-0.25, -0.2) is 13.4 Å². The van der Waals surface area contributed by atoms with Crippen LogP contribution in [-0.2, 0) is 16.4 Å². The lowest BCUT2D eigenvalue weighted by molar-refractivity contribution is 0.280. The molecule has 1 aliphatic heterocycles. The Kier molecular flexibility index (Phi) is 4.93. The first kappa shape index (κ1) is 15.6. The zero-order chi connectivity index (χ0) is 14.8. The Morgan fingerprint density at radius 1 is 1.50 bits per heavy atom. The third-order valence-electron chi connectivity index (χ3n) is 3.55. The first-order valence-electron chi connectivity index (χ1n) is 6.63. The lowest BCUT2D eigenvalue weighted by atomic mass is 10.2. The predicted molar refractivity (Wildman–Crippen MR) is 82.8 cm³/mol. The maximum absolute atomic E-state index is 12.2. The van der Waals surface area contributed by atoms with E-state index in [1.807, 2.05) is 17.9 Å². The molecule has 112 valence electrons. The summed E-state index contributed by atoms with van der Waals surface area (Å²) in [6.07, 6.45) is 0. The second-order valence-corrected chi connectivity index (χ2v) is 8.34. The maximum Gasteiger partial charge on any atom is 0.171 e. The van der Waals surface area contributed by atoms with Crippen molar-refractivity contribution < 1.29 is 13.5 Å². The molecule has 0 spiro atoms.